The number of amides is 3. The Morgan fingerprint density at radius 3 is 2.09 bits per heavy atom. The van der Waals surface area contributed by atoms with Gasteiger partial charge in [-0.3, -0.25) is 19.2 Å². The van der Waals surface area contributed by atoms with E-state index in [1.165, 1.54) is 19.4 Å². The maximum atomic E-state index is 13.1. The van der Waals surface area contributed by atoms with Crippen LogP contribution in [-0.2, 0) is 30.4 Å². The van der Waals surface area contributed by atoms with Gasteiger partial charge in [0, 0.05) is 24.7 Å². The highest BCUT2D eigenvalue weighted by molar-refractivity contribution is 5.94. The average molecular weight is 499 g/mol. The number of nitrogens with one attached hydrogen (secondary N) is 4. The van der Waals surface area contributed by atoms with Gasteiger partial charge in [-0.15, -0.1) is 0 Å². The highest BCUT2D eigenvalue weighted by Crippen LogP contribution is 2.08. The fourth-order valence-electron chi connectivity index (χ4n) is 3.13. The van der Waals surface area contributed by atoms with Gasteiger partial charge in [-0.1, -0.05) is 13.8 Å². The molecule has 0 radical (unpaired) electrons. The number of carboxylic acids is 2. The first-order valence-corrected chi connectivity index (χ1v) is 11.1. The Balaban J connectivity index is 3.04. The van der Waals surface area contributed by atoms with Gasteiger partial charge in [0.25, 0.3) is 0 Å². The van der Waals surface area contributed by atoms with Crippen molar-refractivity contribution < 1.29 is 39.3 Å². The number of imidazole rings is 1. The fraction of sp³-hybridized carbons (Fsp3) is 0.619. The minimum absolute atomic E-state index is 0.0370. The topological polar surface area (TPSA) is 237 Å². The Morgan fingerprint density at radius 1 is 1.00 bits per heavy atom. The molecule has 0 saturated carbocycles. The molecule has 1 aromatic rings. The van der Waals surface area contributed by atoms with Crippen LogP contribution in [0.5, 0.6) is 0 Å². The molecule has 0 saturated heterocycles. The Kier molecular flexibility index (Phi) is 11.8. The van der Waals surface area contributed by atoms with E-state index in [-0.39, 0.29) is 31.6 Å². The number of aromatic nitrogens is 2. The second-order valence-electron chi connectivity index (χ2n) is 8.64. The van der Waals surface area contributed by atoms with E-state index in [2.05, 4.69) is 25.9 Å². The van der Waals surface area contributed by atoms with E-state index in [1.54, 1.807) is 13.8 Å². The number of hydrogen-bond acceptors (Lipinski definition) is 8. The van der Waals surface area contributed by atoms with Gasteiger partial charge in [-0.2, -0.15) is 0 Å². The number of carbonyl (C=O) groups excluding carboxylic acids is 3. The molecule has 1 rings (SSSR count). The van der Waals surface area contributed by atoms with Crippen molar-refractivity contribution in [2.24, 2.45) is 11.7 Å². The third-order valence-electron chi connectivity index (χ3n) is 5.00. The molecule has 0 aliphatic heterocycles. The normalized spacial score (nSPS) is 15.4. The van der Waals surface area contributed by atoms with Gasteiger partial charge in [-0.05, 0) is 25.7 Å². The maximum Gasteiger partial charge on any atom is 0.328 e. The second-order valence-corrected chi connectivity index (χ2v) is 8.64. The van der Waals surface area contributed by atoms with Gasteiger partial charge < -0.3 is 42.0 Å². The predicted molar refractivity (Wildman–Crippen MR) is 122 cm³/mol. The van der Waals surface area contributed by atoms with Crippen molar-refractivity contribution in [1.82, 2.24) is 25.9 Å². The number of rotatable bonds is 15. The molecule has 9 N–H and O–H groups in total. The molecule has 14 nitrogen and oxygen atoms in total. The number of carboxylic acid groups (broad SMARTS) is 2. The molecule has 3 amide bonds. The van der Waals surface area contributed by atoms with Crippen LogP contribution in [0.3, 0.4) is 0 Å². The van der Waals surface area contributed by atoms with Crippen LogP contribution >= 0.6 is 0 Å². The van der Waals surface area contributed by atoms with Gasteiger partial charge in [-0.25, -0.2) is 9.78 Å². The van der Waals surface area contributed by atoms with Crippen molar-refractivity contribution in [3.63, 3.8) is 0 Å². The number of H-pyrrole nitrogens is 1. The maximum absolute atomic E-state index is 13.1. The molecule has 196 valence electrons. The molecule has 14 heteroatoms. The zero-order valence-corrected chi connectivity index (χ0v) is 19.9. The molecule has 5 atom stereocenters. The first kappa shape index (κ1) is 29.5. The van der Waals surface area contributed by atoms with Crippen LogP contribution in [0.2, 0.25) is 0 Å². The average Bonchev–Trinajstić information content (AvgIpc) is 3.26. The third kappa shape index (κ3) is 10.5. The van der Waals surface area contributed by atoms with Crippen molar-refractivity contribution in [2.75, 3.05) is 0 Å². The molecular formula is C21H34N6O8. The van der Waals surface area contributed by atoms with Crippen LogP contribution in [0.4, 0.5) is 0 Å². The van der Waals surface area contributed by atoms with Gasteiger partial charge in [0.2, 0.25) is 17.7 Å². The molecule has 0 bridgehead atoms. The van der Waals surface area contributed by atoms with Crippen LogP contribution in [0.25, 0.3) is 0 Å². The summed E-state index contributed by atoms with van der Waals surface area (Å²) >= 11 is 0. The summed E-state index contributed by atoms with van der Waals surface area (Å²) in [4.78, 5) is 67.1. The molecule has 1 heterocycles. The summed E-state index contributed by atoms with van der Waals surface area (Å²) < 4.78 is 0. The van der Waals surface area contributed by atoms with Crippen molar-refractivity contribution in [3.8, 4) is 0 Å². The molecule has 0 aliphatic carbocycles. The number of aromatic amines is 1. The van der Waals surface area contributed by atoms with Gasteiger partial charge in [0.15, 0.2) is 6.04 Å². The van der Waals surface area contributed by atoms with E-state index in [0.29, 0.717) is 5.69 Å². The minimum atomic E-state index is -1.58. The number of hydrogen-bond donors (Lipinski definition) is 8. The van der Waals surface area contributed by atoms with Gasteiger partial charge in [0.05, 0.1) is 18.5 Å². The molecule has 0 fully saturated rings. The van der Waals surface area contributed by atoms with E-state index >= 15 is 0 Å². The van der Waals surface area contributed by atoms with Gasteiger partial charge >= 0.3 is 11.9 Å². The van der Waals surface area contributed by atoms with E-state index in [9.17, 15) is 34.2 Å². The lowest BCUT2D eigenvalue weighted by Gasteiger charge is -2.26. The Morgan fingerprint density at radius 2 is 1.60 bits per heavy atom. The lowest BCUT2D eigenvalue weighted by molar-refractivity contribution is -0.145. The van der Waals surface area contributed by atoms with Crippen LogP contribution in [0.1, 0.15) is 45.7 Å². The van der Waals surface area contributed by atoms with Crippen LogP contribution in [-0.4, -0.2) is 85.2 Å². The molecule has 35 heavy (non-hydrogen) atoms. The van der Waals surface area contributed by atoms with Crippen molar-refractivity contribution in [3.05, 3.63) is 18.2 Å². The Hall–Kier alpha value is -3.52. The highest BCUT2D eigenvalue weighted by Gasteiger charge is 2.32. The molecule has 0 spiro atoms. The Labute approximate surface area is 202 Å². The third-order valence-corrected chi connectivity index (χ3v) is 5.00. The quantitative estimate of drug-likeness (QED) is 0.134. The SMILES string of the molecule is CC(C)CC(NC(=O)C(Cc1cnc[nH]1)NC(=O)C(N)CCC(=O)O)C(=O)NC(C(=O)O)C(C)O. The van der Waals surface area contributed by atoms with Crippen LogP contribution in [0, 0.1) is 5.92 Å². The fourth-order valence-corrected chi connectivity index (χ4v) is 3.13. The van der Waals surface area contributed by atoms with Crippen molar-refractivity contribution >= 4 is 29.7 Å². The number of carbonyl (C=O) groups is 5. The smallest absolute Gasteiger partial charge is 0.328 e. The molecule has 5 unspecified atom stereocenters. The van der Waals surface area contributed by atoms with E-state index < -0.39 is 59.9 Å². The highest BCUT2D eigenvalue weighted by atomic mass is 16.4. The first-order valence-electron chi connectivity index (χ1n) is 11.1. The summed E-state index contributed by atoms with van der Waals surface area (Å²) in [5.74, 6) is -4.96. The number of aliphatic hydroxyl groups excluding tert-OH is 1. The van der Waals surface area contributed by atoms with E-state index in [4.69, 9.17) is 10.8 Å². The van der Waals surface area contributed by atoms with Crippen LogP contribution < -0.4 is 21.7 Å². The predicted octanol–water partition coefficient (Wildman–Crippen LogP) is -1.89. The number of nitrogens with two attached hydrogens (primary N) is 1. The summed E-state index contributed by atoms with van der Waals surface area (Å²) in [6.45, 7) is 4.79. The molecular weight excluding hydrogens is 464 g/mol. The van der Waals surface area contributed by atoms with Crippen molar-refractivity contribution in [2.45, 2.75) is 76.7 Å². The number of aliphatic carboxylic acids is 2. The zero-order chi connectivity index (χ0) is 26.7. The standard InChI is InChI=1S/C21H34N6O8/c1-10(2)6-14(20(33)27-17(11(3)28)21(34)35)26-19(32)15(7-12-8-23-9-24-12)25-18(31)13(22)4-5-16(29)30/h8-11,13-15,17,28H,4-7,22H2,1-3H3,(H,23,24)(H,25,31)(H,26,32)(H,27,33)(H,29,30)(H,34,35). The first-order chi connectivity index (χ1) is 16.3. The summed E-state index contributed by atoms with van der Waals surface area (Å²) in [7, 11) is 0. The van der Waals surface area contributed by atoms with Crippen LogP contribution in [0.15, 0.2) is 12.5 Å². The van der Waals surface area contributed by atoms with Crippen molar-refractivity contribution in [1.29, 1.82) is 0 Å². The summed E-state index contributed by atoms with van der Waals surface area (Å²) in [6.07, 6.45) is 1.06. The molecule has 0 aromatic carbocycles. The van der Waals surface area contributed by atoms with E-state index in [1.807, 2.05) is 0 Å². The minimum Gasteiger partial charge on any atom is -0.481 e. The second kappa shape index (κ2) is 14.0. The largest absolute Gasteiger partial charge is 0.481 e. The summed E-state index contributed by atoms with van der Waals surface area (Å²) in [5, 5.41) is 34.9. The zero-order valence-electron chi connectivity index (χ0n) is 19.9. The van der Waals surface area contributed by atoms with Gasteiger partial charge in [0.1, 0.15) is 12.1 Å². The number of nitrogens with zero attached hydrogens (tertiary/aromatic N) is 1. The summed E-state index contributed by atoms with van der Waals surface area (Å²) in [5.41, 5.74) is 6.24. The number of aliphatic hydroxyl groups is 1. The molecule has 0 aliphatic rings. The monoisotopic (exact) mass is 498 g/mol. The summed E-state index contributed by atoms with van der Waals surface area (Å²) in [6, 6.07) is -5.12. The lowest BCUT2D eigenvalue weighted by atomic mass is 10.0. The Bertz CT molecular complexity index is 873. The molecule has 1 aromatic heterocycles. The van der Waals surface area contributed by atoms with E-state index in [0.717, 1.165) is 0 Å². The lowest BCUT2D eigenvalue weighted by Crippen LogP contribution is -2.59.